The Morgan fingerprint density at radius 1 is 0.853 bits per heavy atom. The molecule has 5 heteroatoms. The van der Waals surface area contributed by atoms with E-state index in [0.29, 0.717) is 23.4 Å². The summed E-state index contributed by atoms with van der Waals surface area (Å²) in [7, 11) is 0. The van der Waals surface area contributed by atoms with Crippen molar-refractivity contribution in [1.82, 2.24) is 0 Å². The molecule has 3 aromatic rings. The maximum absolute atomic E-state index is 13.7. The average Bonchev–Trinajstić information content (AvgIpc) is 3.03. The van der Waals surface area contributed by atoms with E-state index in [-0.39, 0.29) is 17.5 Å². The van der Waals surface area contributed by atoms with Crippen LogP contribution in [0.2, 0.25) is 0 Å². The standard InChI is InChI=1S/C29H30N2O3/c1-6-14-34-24-12-10-22(11-13-24)26-27(30-23-16-18(2)15-19(3)17-23)29(33)31(28(26)32)25-9-7-8-20(4)21(25)5/h7-13,15-17,30H,6,14H2,1-5H3. The summed E-state index contributed by atoms with van der Waals surface area (Å²) in [5.41, 5.74) is 6.75. The molecule has 1 aliphatic rings. The van der Waals surface area contributed by atoms with Gasteiger partial charge in [0.05, 0.1) is 17.9 Å². The number of amides is 2. The number of rotatable bonds is 7. The number of nitrogens with one attached hydrogen (secondary N) is 1. The van der Waals surface area contributed by atoms with E-state index >= 15 is 0 Å². The van der Waals surface area contributed by atoms with Crippen LogP contribution in [0.3, 0.4) is 0 Å². The Morgan fingerprint density at radius 3 is 2.18 bits per heavy atom. The van der Waals surface area contributed by atoms with Crippen LogP contribution in [0.25, 0.3) is 5.57 Å². The molecule has 174 valence electrons. The van der Waals surface area contributed by atoms with Gasteiger partial charge >= 0.3 is 0 Å². The number of imide groups is 1. The fraction of sp³-hybridized carbons (Fsp3) is 0.241. The van der Waals surface area contributed by atoms with E-state index in [0.717, 1.165) is 40.1 Å². The third-order valence-electron chi connectivity index (χ3n) is 6.01. The molecule has 2 amide bonds. The van der Waals surface area contributed by atoms with Gasteiger partial charge in [-0.1, -0.05) is 37.3 Å². The van der Waals surface area contributed by atoms with Gasteiger partial charge in [0.1, 0.15) is 11.4 Å². The zero-order chi connectivity index (χ0) is 24.4. The lowest BCUT2D eigenvalue weighted by atomic mass is 10.0. The van der Waals surface area contributed by atoms with Crippen LogP contribution in [0.1, 0.15) is 41.2 Å². The van der Waals surface area contributed by atoms with Gasteiger partial charge in [-0.25, -0.2) is 4.90 Å². The van der Waals surface area contributed by atoms with E-state index in [1.807, 2.05) is 82.3 Å². The molecule has 4 rings (SSSR count). The monoisotopic (exact) mass is 454 g/mol. The van der Waals surface area contributed by atoms with Crippen molar-refractivity contribution in [3.63, 3.8) is 0 Å². The number of benzene rings is 3. The number of nitrogens with zero attached hydrogens (tertiary/aromatic N) is 1. The molecule has 1 heterocycles. The third kappa shape index (κ3) is 4.46. The Balaban J connectivity index is 1.81. The Hall–Kier alpha value is -3.86. The second-order valence-electron chi connectivity index (χ2n) is 8.79. The minimum absolute atomic E-state index is 0.276. The van der Waals surface area contributed by atoms with Crippen molar-refractivity contribution in [3.05, 3.63) is 94.2 Å². The summed E-state index contributed by atoms with van der Waals surface area (Å²) in [6, 6.07) is 19.0. The highest BCUT2D eigenvalue weighted by Crippen LogP contribution is 2.36. The van der Waals surface area contributed by atoms with E-state index in [9.17, 15) is 9.59 Å². The van der Waals surface area contributed by atoms with Crippen molar-refractivity contribution in [1.29, 1.82) is 0 Å². The molecule has 0 atom stereocenters. The number of hydrogen-bond acceptors (Lipinski definition) is 4. The number of carbonyl (C=O) groups excluding carboxylic acids is 2. The number of ether oxygens (including phenoxy) is 1. The highest BCUT2D eigenvalue weighted by molar-refractivity contribution is 6.46. The fourth-order valence-corrected chi connectivity index (χ4v) is 4.24. The molecule has 34 heavy (non-hydrogen) atoms. The molecule has 0 bridgehead atoms. The highest BCUT2D eigenvalue weighted by Gasteiger charge is 2.41. The second kappa shape index (κ2) is 9.56. The average molecular weight is 455 g/mol. The lowest BCUT2D eigenvalue weighted by Crippen LogP contribution is -2.33. The summed E-state index contributed by atoms with van der Waals surface area (Å²) >= 11 is 0. The van der Waals surface area contributed by atoms with E-state index in [4.69, 9.17) is 4.74 Å². The van der Waals surface area contributed by atoms with Gasteiger partial charge in [-0.15, -0.1) is 0 Å². The maximum Gasteiger partial charge on any atom is 0.282 e. The number of carbonyl (C=O) groups is 2. The molecule has 0 aromatic heterocycles. The van der Waals surface area contributed by atoms with Gasteiger partial charge in [-0.3, -0.25) is 9.59 Å². The SMILES string of the molecule is CCCOc1ccc(C2=C(Nc3cc(C)cc(C)c3)C(=O)N(c3cccc(C)c3C)C2=O)cc1. The Kier molecular flexibility index (Phi) is 6.55. The highest BCUT2D eigenvalue weighted by atomic mass is 16.5. The van der Waals surface area contributed by atoms with Gasteiger partial charge < -0.3 is 10.1 Å². The normalized spacial score (nSPS) is 13.6. The van der Waals surface area contributed by atoms with Gasteiger partial charge in [0, 0.05) is 5.69 Å². The summed E-state index contributed by atoms with van der Waals surface area (Å²) in [4.78, 5) is 28.7. The second-order valence-corrected chi connectivity index (χ2v) is 8.79. The van der Waals surface area contributed by atoms with Crippen LogP contribution >= 0.6 is 0 Å². The summed E-state index contributed by atoms with van der Waals surface area (Å²) in [6.07, 6.45) is 0.911. The smallest absolute Gasteiger partial charge is 0.282 e. The van der Waals surface area contributed by atoms with Crippen molar-refractivity contribution >= 4 is 28.8 Å². The first-order chi connectivity index (χ1) is 16.3. The molecule has 1 N–H and O–H groups in total. The molecule has 0 radical (unpaired) electrons. The van der Waals surface area contributed by atoms with Crippen LogP contribution < -0.4 is 15.0 Å². The first-order valence-electron chi connectivity index (χ1n) is 11.6. The lowest BCUT2D eigenvalue weighted by molar-refractivity contribution is -0.120. The van der Waals surface area contributed by atoms with E-state index in [1.165, 1.54) is 4.90 Å². The Morgan fingerprint density at radius 2 is 1.53 bits per heavy atom. The Bertz CT molecular complexity index is 1270. The summed E-state index contributed by atoms with van der Waals surface area (Å²) in [5.74, 6) is 0.0325. The minimum atomic E-state index is -0.362. The topological polar surface area (TPSA) is 58.6 Å². The van der Waals surface area contributed by atoms with Crippen molar-refractivity contribution in [2.24, 2.45) is 0 Å². The first kappa shape index (κ1) is 23.3. The fourth-order valence-electron chi connectivity index (χ4n) is 4.24. The zero-order valence-corrected chi connectivity index (χ0v) is 20.4. The van der Waals surface area contributed by atoms with Crippen molar-refractivity contribution in [2.45, 2.75) is 41.0 Å². The molecular formula is C29H30N2O3. The van der Waals surface area contributed by atoms with E-state index in [1.54, 1.807) is 0 Å². The maximum atomic E-state index is 13.7. The first-order valence-corrected chi connectivity index (χ1v) is 11.6. The van der Waals surface area contributed by atoms with Crippen molar-refractivity contribution in [3.8, 4) is 5.75 Å². The number of anilines is 2. The van der Waals surface area contributed by atoms with Crippen molar-refractivity contribution < 1.29 is 14.3 Å². The van der Waals surface area contributed by atoms with Gasteiger partial charge in [0.25, 0.3) is 11.8 Å². The molecule has 5 nitrogen and oxygen atoms in total. The van der Waals surface area contributed by atoms with Crippen LogP contribution in [0.15, 0.2) is 66.4 Å². The predicted octanol–water partition coefficient (Wildman–Crippen LogP) is 6.11. The number of hydrogen-bond donors (Lipinski definition) is 1. The Labute approximate surface area is 201 Å². The summed E-state index contributed by atoms with van der Waals surface area (Å²) in [5, 5.41) is 3.27. The molecule has 3 aromatic carbocycles. The molecular weight excluding hydrogens is 424 g/mol. The van der Waals surface area contributed by atoms with E-state index in [2.05, 4.69) is 18.3 Å². The third-order valence-corrected chi connectivity index (χ3v) is 6.01. The zero-order valence-electron chi connectivity index (χ0n) is 20.4. The molecule has 0 spiro atoms. The van der Waals surface area contributed by atoms with E-state index < -0.39 is 0 Å². The van der Waals surface area contributed by atoms with Crippen LogP contribution in [0.5, 0.6) is 5.75 Å². The number of aryl methyl sites for hydroxylation is 3. The van der Waals surface area contributed by atoms with Crippen molar-refractivity contribution in [2.75, 3.05) is 16.8 Å². The summed E-state index contributed by atoms with van der Waals surface area (Å²) in [6.45, 7) is 10.6. The predicted molar refractivity (Wildman–Crippen MR) is 137 cm³/mol. The molecule has 0 unspecified atom stereocenters. The molecule has 0 fully saturated rings. The summed E-state index contributed by atoms with van der Waals surface area (Å²) < 4.78 is 5.69. The molecule has 0 saturated carbocycles. The molecule has 0 saturated heterocycles. The van der Waals surface area contributed by atoms with Gasteiger partial charge in [0.15, 0.2) is 0 Å². The largest absolute Gasteiger partial charge is 0.494 e. The van der Waals surface area contributed by atoms with Crippen LogP contribution in [0.4, 0.5) is 11.4 Å². The molecule has 0 aliphatic carbocycles. The minimum Gasteiger partial charge on any atom is -0.494 e. The quantitative estimate of drug-likeness (QED) is 0.438. The lowest BCUT2D eigenvalue weighted by Gasteiger charge is -2.19. The molecule has 1 aliphatic heterocycles. The van der Waals surface area contributed by atoms with Crippen LogP contribution in [0, 0.1) is 27.7 Å². The van der Waals surface area contributed by atoms with Gasteiger partial charge in [-0.05, 0) is 92.3 Å². The van der Waals surface area contributed by atoms with Gasteiger partial charge in [0.2, 0.25) is 0 Å². The van der Waals surface area contributed by atoms with Gasteiger partial charge in [-0.2, -0.15) is 0 Å². The van der Waals surface area contributed by atoms with Crippen LogP contribution in [-0.4, -0.2) is 18.4 Å². The van der Waals surface area contributed by atoms with Crippen LogP contribution in [-0.2, 0) is 9.59 Å².